The summed E-state index contributed by atoms with van der Waals surface area (Å²) in [5.41, 5.74) is 3.21. The second-order valence-corrected chi connectivity index (χ2v) is 7.84. The Labute approximate surface area is 179 Å². The van der Waals surface area contributed by atoms with Gasteiger partial charge in [0.15, 0.2) is 0 Å². The quantitative estimate of drug-likeness (QED) is 0.312. The Morgan fingerprint density at radius 2 is 2.00 bits per heavy atom. The topological polar surface area (TPSA) is 93.0 Å². The summed E-state index contributed by atoms with van der Waals surface area (Å²) < 4.78 is 0. The number of nitrogens with one attached hydrogen (secondary N) is 1. The number of hydrogen-bond acceptors (Lipinski definition) is 5. The molecule has 2 rings (SSSR count). The molecule has 1 heterocycles. The summed E-state index contributed by atoms with van der Waals surface area (Å²) in [6, 6.07) is 10.1. The van der Waals surface area contributed by atoms with Gasteiger partial charge in [0.1, 0.15) is 0 Å². The number of likely N-dealkylation sites (tertiary alicyclic amines) is 1. The van der Waals surface area contributed by atoms with Gasteiger partial charge >= 0.3 is 13.1 Å². The van der Waals surface area contributed by atoms with Gasteiger partial charge in [-0.25, -0.2) is 0 Å². The number of carboxylic acid groups (broad SMARTS) is 1. The van der Waals surface area contributed by atoms with Crippen molar-refractivity contribution in [2.75, 3.05) is 26.2 Å². The van der Waals surface area contributed by atoms with Crippen molar-refractivity contribution in [3.63, 3.8) is 0 Å². The number of rotatable bonds is 12. The third-order valence-electron chi connectivity index (χ3n) is 5.54. The summed E-state index contributed by atoms with van der Waals surface area (Å²) >= 11 is 0. The molecule has 162 valence electrons. The average molecular weight is 412 g/mol. The van der Waals surface area contributed by atoms with Crippen molar-refractivity contribution in [2.45, 2.75) is 26.1 Å². The number of hydrogen-bond donors (Lipinski definition) is 4. The summed E-state index contributed by atoms with van der Waals surface area (Å²) in [6.45, 7) is 8.68. The summed E-state index contributed by atoms with van der Waals surface area (Å²) in [4.78, 5) is 13.7. The summed E-state index contributed by atoms with van der Waals surface area (Å²) in [7, 11) is -1.32. The van der Waals surface area contributed by atoms with Gasteiger partial charge in [0.25, 0.3) is 0 Å². The number of nitrogens with zero attached hydrogens (tertiary/aromatic N) is 1. The van der Waals surface area contributed by atoms with Crippen molar-refractivity contribution in [3.05, 3.63) is 66.4 Å². The molecule has 0 amide bonds. The lowest BCUT2D eigenvalue weighted by atomic mass is 9.80. The van der Waals surface area contributed by atoms with E-state index in [1.165, 1.54) is 0 Å². The summed E-state index contributed by atoms with van der Waals surface area (Å²) in [6.07, 6.45) is 7.51. The highest BCUT2D eigenvalue weighted by Crippen LogP contribution is 2.28. The Morgan fingerprint density at radius 3 is 2.63 bits per heavy atom. The van der Waals surface area contributed by atoms with Crippen LogP contribution in [0.4, 0.5) is 0 Å². The molecule has 0 aliphatic carbocycles. The minimum atomic E-state index is -1.32. The molecular weight excluding hydrogens is 379 g/mol. The van der Waals surface area contributed by atoms with Gasteiger partial charge in [0.2, 0.25) is 0 Å². The highest BCUT2D eigenvalue weighted by Gasteiger charge is 2.36. The Bertz CT molecular complexity index is 749. The van der Waals surface area contributed by atoms with Gasteiger partial charge in [-0.05, 0) is 42.8 Å². The highest BCUT2D eigenvalue weighted by molar-refractivity contribution is 6.40. The second kappa shape index (κ2) is 12.4. The monoisotopic (exact) mass is 412 g/mol. The van der Waals surface area contributed by atoms with E-state index in [1.54, 1.807) is 0 Å². The maximum Gasteiger partial charge on any atom is 0.451 e. The number of aliphatic carboxylic acids is 1. The van der Waals surface area contributed by atoms with Crippen LogP contribution >= 0.6 is 0 Å². The van der Waals surface area contributed by atoms with Crippen LogP contribution in [0.3, 0.4) is 0 Å². The van der Waals surface area contributed by atoms with Crippen molar-refractivity contribution < 1.29 is 19.9 Å². The maximum atomic E-state index is 11.6. The van der Waals surface area contributed by atoms with Crippen LogP contribution in [0.25, 0.3) is 5.57 Å². The molecule has 0 radical (unpaired) electrons. The Balaban J connectivity index is 1.82. The van der Waals surface area contributed by atoms with Gasteiger partial charge in [-0.2, -0.15) is 0 Å². The lowest BCUT2D eigenvalue weighted by molar-refractivity contribution is -0.142. The average Bonchev–Trinajstić information content (AvgIpc) is 3.12. The third kappa shape index (κ3) is 7.82. The molecule has 4 N–H and O–H groups in total. The smallest absolute Gasteiger partial charge is 0.451 e. The normalized spacial score (nSPS) is 20.2. The molecule has 1 fully saturated rings. The zero-order valence-corrected chi connectivity index (χ0v) is 17.7. The Morgan fingerprint density at radius 1 is 1.27 bits per heavy atom. The van der Waals surface area contributed by atoms with E-state index < -0.39 is 13.1 Å². The molecule has 7 heteroatoms. The summed E-state index contributed by atoms with van der Waals surface area (Å²) in [5.74, 6) is -1.10. The first kappa shape index (κ1) is 23.9. The van der Waals surface area contributed by atoms with Crippen LogP contribution in [0.5, 0.6) is 0 Å². The number of allylic oxidation sites excluding steroid dienone is 5. The molecule has 0 saturated carbocycles. The van der Waals surface area contributed by atoms with Gasteiger partial charge < -0.3 is 25.4 Å². The van der Waals surface area contributed by atoms with Crippen LogP contribution in [0, 0.1) is 11.8 Å². The van der Waals surface area contributed by atoms with Crippen LogP contribution in [0.2, 0.25) is 6.32 Å². The van der Waals surface area contributed by atoms with E-state index in [1.807, 2.05) is 55.5 Å². The van der Waals surface area contributed by atoms with Gasteiger partial charge in [0, 0.05) is 31.9 Å². The molecule has 0 spiro atoms. The van der Waals surface area contributed by atoms with Crippen molar-refractivity contribution in [1.29, 1.82) is 0 Å². The standard InChI is InChI=1S/C23H33BN2O4/c1-3-19(20-8-5-4-6-9-20)12-11-18(2)25-14-15-26-16-21(10-7-13-24(29)30)22(17-26)23(27)28/h3-6,8-9,11-12,21-22,25,29-30H,1,7,10,13-17H2,2H3,(H,27,28)/b18-11+,19-12+. The van der Waals surface area contributed by atoms with Crippen molar-refractivity contribution >= 4 is 18.7 Å². The minimum Gasteiger partial charge on any atom is -0.481 e. The highest BCUT2D eigenvalue weighted by atomic mass is 16.4. The van der Waals surface area contributed by atoms with Gasteiger partial charge in [0.05, 0.1) is 5.92 Å². The molecule has 1 aliphatic rings. The number of benzene rings is 1. The number of carbonyl (C=O) groups is 1. The van der Waals surface area contributed by atoms with Crippen molar-refractivity contribution in [1.82, 2.24) is 10.2 Å². The molecule has 1 aromatic carbocycles. The van der Waals surface area contributed by atoms with Crippen LogP contribution in [-0.2, 0) is 4.79 Å². The van der Waals surface area contributed by atoms with Crippen LogP contribution < -0.4 is 5.32 Å². The summed E-state index contributed by atoms with van der Waals surface area (Å²) in [5, 5.41) is 30.9. The van der Waals surface area contributed by atoms with Crippen molar-refractivity contribution in [3.8, 4) is 0 Å². The van der Waals surface area contributed by atoms with E-state index in [0.29, 0.717) is 19.4 Å². The van der Waals surface area contributed by atoms with E-state index in [4.69, 9.17) is 10.0 Å². The maximum absolute atomic E-state index is 11.6. The molecule has 2 atom stereocenters. The van der Waals surface area contributed by atoms with Crippen LogP contribution in [-0.4, -0.2) is 59.3 Å². The molecule has 2 unspecified atom stereocenters. The molecule has 1 aliphatic heterocycles. The van der Waals surface area contributed by atoms with Crippen LogP contribution in [0.15, 0.2) is 60.8 Å². The van der Waals surface area contributed by atoms with E-state index in [-0.39, 0.29) is 18.2 Å². The van der Waals surface area contributed by atoms with E-state index in [9.17, 15) is 9.90 Å². The fraction of sp³-hybridized carbons (Fsp3) is 0.435. The fourth-order valence-electron chi connectivity index (χ4n) is 3.88. The molecule has 1 saturated heterocycles. The molecule has 0 bridgehead atoms. The molecule has 1 aromatic rings. The van der Waals surface area contributed by atoms with Crippen molar-refractivity contribution in [2.24, 2.45) is 11.8 Å². The third-order valence-corrected chi connectivity index (χ3v) is 5.54. The van der Waals surface area contributed by atoms with Gasteiger partial charge in [-0.15, -0.1) is 0 Å². The number of carboxylic acids is 1. The lowest BCUT2D eigenvalue weighted by Crippen LogP contribution is -2.30. The lowest BCUT2D eigenvalue weighted by Gasteiger charge is -2.16. The minimum absolute atomic E-state index is 0.0573. The SMILES string of the molecule is C=C/C(=C\C=C(/C)NCCN1CC(CCCB(O)O)C(C(=O)O)C1)c1ccccc1. The van der Waals surface area contributed by atoms with E-state index in [2.05, 4.69) is 16.8 Å². The predicted molar refractivity (Wildman–Crippen MR) is 122 cm³/mol. The molecule has 0 aromatic heterocycles. The fourth-order valence-corrected chi connectivity index (χ4v) is 3.88. The van der Waals surface area contributed by atoms with Crippen LogP contribution in [0.1, 0.15) is 25.3 Å². The van der Waals surface area contributed by atoms with E-state index >= 15 is 0 Å². The molecular formula is C23H33BN2O4. The second-order valence-electron chi connectivity index (χ2n) is 7.84. The first-order valence-electron chi connectivity index (χ1n) is 10.5. The largest absolute Gasteiger partial charge is 0.481 e. The Kier molecular flexibility index (Phi) is 9.87. The zero-order chi connectivity index (χ0) is 21.9. The molecule has 30 heavy (non-hydrogen) atoms. The predicted octanol–water partition coefficient (Wildman–Crippen LogP) is 2.64. The van der Waals surface area contributed by atoms with E-state index in [0.717, 1.165) is 36.5 Å². The molecule has 6 nitrogen and oxygen atoms in total. The van der Waals surface area contributed by atoms with Gasteiger partial charge in [-0.1, -0.05) is 55.5 Å². The first-order chi connectivity index (χ1) is 14.4. The van der Waals surface area contributed by atoms with Gasteiger partial charge in [-0.3, -0.25) is 4.79 Å². The Hall–Kier alpha value is -2.35. The first-order valence-corrected chi connectivity index (χ1v) is 10.5. The zero-order valence-electron chi connectivity index (χ0n) is 17.7.